The van der Waals surface area contributed by atoms with Crippen molar-refractivity contribution in [1.82, 2.24) is 4.98 Å². The highest BCUT2D eigenvalue weighted by Crippen LogP contribution is 2.43. The van der Waals surface area contributed by atoms with E-state index in [1.807, 2.05) is 11.3 Å². The van der Waals surface area contributed by atoms with Gasteiger partial charge < -0.3 is 5.73 Å². The lowest BCUT2D eigenvalue weighted by atomic mass is 9.84. The van der Waals surface area contributed by atoms with Crippen molar-refractivity contribution in [2.75, 3.05) is 5.73 Å². The van der Waals surface area contributed by atoms with Crippen molar-refractivity contribution in [2.45, 2.75) is 52.4 Å². The average Bonchev–Trinajstić information content (AvgIpc) is 2.77. The van der Waals surface area contributed by atoms with Gasteiger partial charge in [-0.2, -0.15) is 0 Å². The zero-order chi connectivity index (χ0) is 13.9. The normalized spacial score (nSPS) is 25.5. The Morgan fingerprint density at radius 1 is 1.05 bits per heavy atom. The van der Waals surface area contributed by atoms with Gasteiger partial charge in [-0.3, -0.25) is 0 Å². The molecule has 0 amide bonds. The molecule has 4 rings (SSSR count). The summed E-state index contributed by atoms with van der Waals surface area (Å²) in [7, 11) is 0. The summed E-state index contributed by atoms with van der Waals surface area (Å²) in [4.78, 5) is 7.73. The molecule has 0 radical (unpaired) electrons. The number of nitrogens with two attached hydrogens (primary N) is 1. The van der Waals surface area contributed by atoms with Gasteiger partial charge in [-0.1, -0.05) is 13.8 Å². The first-order valence-corrected chi connectivity index (χ1v) is 8.66. The summed E-state index contributed by atoms with van der Waals surface area (Å²) in [6.45, 7) is 4.69. The number of aryl methyl sites for hydroxylation is 2. The second-order valence-corrected chi connectivity index (χ2v) is 7.91. The van der Waals surface area contributed by atoms with Gasteiger partial charge in [-0.25, -0.2) is 4.98 Å². The predicted octanol–water partition coefficient (Wildman–Crippen LogP) is 4.13. The Labute approximate surface area is 124 Å². The molecular formula is C17H22N2S. The van der Waals surface area contributed by atoms with E-state index in [-0.39, 0.29) is 0 Å². The molecule has 2 nitrogen and oxygen atoms in total. The number of fused-ring (bicyclic) bond motifs is 4. The van der Waals surface area contributed by atoms with E-state index < -0.39 is 0 Å². The number of hydrogen-bond acceptors (Lipinski definition) is 3. The van der Waals surface area contributed by atoms with E-state index in [0.29, 0.717) is 0 Å². The molecule has 0 aromatic carbocycles. The summed E-state index contributed by atoms with van der Waals surface area (Å²) in [5, 5.41) is 1.31. The highest BCUT2D eigenvalue weighted by molar-refractivity contribution is 7.19. The summed E-state index contributed by atoms with van der Waals surface area (Å²) in [5.74, 6) is 1.56. The SMILES string of the molecule is CC1CCc2c(sc3nc4c(c(N)c23)CC(C)CC4)C1. The number of hydrogen-bond donors (Lipinski definition) is 1. The van der Waals surface area contributed by atoms with Crippen LogP contribution >= 0.6 is 11.3 Å². The van der Waals surface area contributed by atoms with Crippen molar-refractivity contribution < 1.29 is 0 Å². The number of nitrogen functional groups attached to an aromatic ring is 1. The second-order valence-electron chi connectivity index (χ2n) is 6.83. The smallest absolute Gasteiger partial charge is 0.126 e. The third-order valence-electron chi connectivity index (χ3n) is 5.10. The van der Waals surface area contributed by atoms with E-state index in [0.717, 1.165) is 30.4 Å². The molecule has 0 aliphatic heterocycles. The maximum Gasteiger partial charge on any atom is 0.126 e. The van der Waals surface area contributed by atoms with E-state index in [1.165, 1.54) is 52.7 Å². The number of anilines is 1. The molecule has 20 heavy (non-hydrogen) atoms. The zero-order valence-electron chi connectivity index (χ0n) is 12.3. The van der Waals surface area contributed by atoms with Crippen molar-refractivity contribution in [3.05, 3.63) is 21.7 Å². The molecule has 2 heterocycles. The molecule has 2 aromatic heterocycles. The van der Waals surface area contributed by atoms with Crippen LogP contribution in [-0.2, 0) is 25.7 Å². The molecule has 2 aromatic rings. The summed E-state index contributed by atoms with van der Waals surface area (Å²) in [6, 6.07) is 0. The Hall–Kier alpha value is -1.09. The fourth-order valence-corrected chi connectivity index (χ4v) is 5.28. The van der Waals surface area contributed by atoms with Crippen molar-refractivity contribution in [3.8, 4) is 0 Å². The van der Waals surface area contributed by atoms with Gasteiger partial charge in [-0.05, 0) is 61.5 Å². The molecule has 3 heteroatoms. The molecule has 0 saturated heterocycles. The lowest BCUT2D eigenvalue weighted by Crippen LogP contribution is -2.15. The van der Waals surface area contributed by atoms with E-state index in [4.69, 9.17) is 10.7 Å². The third kappa shape index (κ3) is 1.79. The Bertz CT molecular complexity index is 686. The van der Waals surface area contributed by atoms with E-state index in [9.17, 15) is 0 Å². The number of thiophene rings is 1. The number of rotatable bonds is 0. The molecule has 0 fully saturated rings. The third-order valence-corrected chi connectivity index (χ3v) is 6.25. The molecule has 2 aliphatic rings. The predicted molar refractivity (Wildman–Crippen MR) is 86.4 cm³/mol. The maximum atomic E-state index is 6.57. The Morgan fingerprint density at radius 2 is 1.80 bits per heavy atom. The molecule has 2 aliphatic carbocycles. The van der Waals surface area contributed by atoms with E-state index in [1.54, 1.807) is 4.88 Å². The molecule has 106 valence electrons. The Balaban J connectivity index is 1.95. The van der Waals surface area contributed by atoms with Crippen LogP contribution in [0.25, 0.3) is 10.2 Å². The van der Waals surface area contributed by atoms with Gasteiger partial charge in [0.05, 0.1) is 0 Å². The van der Waals surface area contributed by atoms with Gasteiger partial charge in [-0.15, -0.1) is 11.3 Å². The molecule has 2 N–H and O–H groups in total. The molecule has 2 unspecified atom stereocenters. The van der Waals surface area contributed by atoms with Crippen LogP contribution in [0, 0.1) is 11.8 Å². The lowest BCUT2D eigenvalue weighted by Gasteiger charge is -2.23. The number of aromatic nitrogens is 1. The minimum absolute atomic E-state index is 0.749. The summed E-state index contributed by atoms with van der Waals surface area (Å²) in [5.41, 5.74) is 11.8. The fourth-order valence-electron chi connectivity index (χ4n) is 3.86. The van der Waals surface area contributed by atoms with Crippen molar-refractivity contribution in [2.24, 2.45) is 11.8 Å². The Kier molecular flexibility index (Phi) is 2.81. The van der Waals surface area contributed by atoms with Crippen LogP contribution in [0.1, 0.15) is 48.4 Å². The van der Waals surface area contributed by atoms with Crippen molar-refractivity contribution in [3.63, 3.8) is 0 Å². The minimum atomic E-state index is 0.749. The fraction of sp³-hybridized carbons (Fsp3) is 0.588. The first-order valence-electron chi connectivity index (χ1n) is 7.85. The number of nitrogens with zero attached hydrogens (tertiary/aromatic N) is 1. The quantitative estimate of drug-likeness (QED) is 0.791. The number of pyridine rings is 1. The topological polar surface area (TPSA) is 38.9 Å². The minimum Gasteiger partial charge on any atom is -0.398 e. The molecule has 0 saturated carbocycles. The monoisotopic (exact) mass is 286 g/mol. The van der Waals surface area contributed by atoms with Gasteiger partial charge in [0, 0.05) is 21.6 Å². The van der Waals surface area contributed by atoms with Gasteiger partial charge in [0.1, 0.15) is 4.83 Å². The van der Waals surface area contributed by atoms with Crippen LogP contribution < -0.4 is 5.73 Å². The Morgan fingerprint density at radius 3 is 2.65 bits per heavy atom. The summed E-state index contributed by atoms with van der Waals surface area (Å²) >= 11 is 1.90. The lowest BCUT2D eigenvalue weighted by molar-refractivity contribution is 0.496. The van der Waals surface area contributed by atoms with Crippen molar-refractivity contribution in [1.29, 1.82) is 0 Å². The van der Waals surface area contributed by atoms with Crippen LogP contribution in [0.15, 0.2) is 0 Å². The first-order chi connectivity index (χ1) is 9.63. The zero-order valence-corrected chi connectivity index (χ0v) is 13.1. The van der Waals surface area contributed by atoms with Crippen LogP contribution in [0.2, 0.25) is 0 Å². The molecule has 2 atom stereocenters. The van der Waals surface area contributed by atoms with Gasteiger partial charge in [0.2, 0.25) is 0 Å². The van der Waals surface area contributed by atoms with Gasteiger partial charge in [0.15, 0.2) is 0 Å². The summed E-state index contributed by atoms with van der Waals surface area (Å²) in [6.07, 6.45) is 7.19. The largest absolute Gasteiger partial charge is 0.398 e. The van der Waals surface area contributed by atoms with Crippen LogP contribution in [0.4, 0.5) is 5.69 Å². The summed E-state index contributed by atoms with van der Waals surface area (Å²) < 4.78 is 0. The van der Waals surface area contributed by atoms with Crippen LogP contribution in [0.3, 0.4) is 0 Å². The van der Waals surface area contributed by atoms with Gasteiger partial charge >= 0.3 is 0 Å². The van der Waals surface area contributed by atoms with E-state index >= 15 is 0 Å². The second kappa shape index (κ2) is 4.45. The standard InChI is InChI=1S/C17H22N2S/c1-9-4-6-13-12(7-9)16(18)15-11-5-3-10(2)8-14(11)20-17(15)19-13/h9-10H,3-8H2,1-2H3,(H2,18,19). The molecular weight excluding hydrogens is 264 g/mol. The van der Waals surface area contributed by atoms with Gasteiger partial charge in [0.25, 0.3) is 0 Å². The average molecular weight is 286 g/mol. The van der Waals surface area contributed by atoms with Crippen molar-refractivity contribution >= 4 is 27.2 Å². The molecule has 0 bridgehead atoms. The highest BCUT2D eigenvalue weighted by Gasteiger charge is 2.26. The van der Waals surface area contributed by atoms with Crippen LogP contribution in [0.5, 0.6) is 0 Å². The van der Waals surface area contributed by atoms with Crippen LogP contribution in [-0.4, -0.2) is 4.98 Å². The highest BCUT2D eigenvalue weighted by atomic mass is 32.1. The molecule has 0 spiro atoms. The van der Waals surface area contributed by atoms with E-state index in [2.05, 4.69) is 13.8 Å². The first kappa shape index (κ1) is 12.6. The maximum absolute atomic E-state index is 6.57.